The first-order valence-corrected chi connectivity index (χ1v) is 7.56. The highest BCUT2D eigenvalue weighted by Crippen LogP contribution is 2.27. The normalized spacial score (nSPS) is 11.1. The topological polar surface area (TPSA) is 47.6 Å². The molecule has 1 N–H and O–H groups in total. The lowest BCUT2D eigenvalue weighted by Crippen LogP contribution is -2.27. The molecule has 1 amide bonds. The molecule has 0 bridgehead atoms. The van der Waals surface area contributed by atoms with Crippen molar-refractivity contribution in [3.63, 3.8) is 0 Å². The minimum atomic E-state index is -0.325. The molecule has 2 rings (SSSR count). The minimum Gasteiger partial charge on any atom is -0.484 e. The van der Waals surface area contributed by atoms with E-state index in [1.165, 1.54) is 12.7 Å². The van der Waals surface area contributed by atoms with Crippen LogP contribution >= 0.6 is 0 Å². The molecule has 122 valence electrons. The maximum absolute atomic E-state index is 11.3. The molecule has 0 unspecified atom stereocenters. The Morgan fingerprint density at radius 3 is 1.96 bits per heavy atom. The monoisotopic (exact) mass is 313 g/mol. The molecule has 0 heterocycles. The molecular weight excluding hydrogens is 290 g/mol. The smallest absolute Gasteiger partial charge is 0.281 e. The molecule has 0 atom stereocenters. The van der Waals surface area contributed by atoms with E-state index in [-0.39, 0.29) is 17.9 Å². The zero-order chi connectivity index (χ0) is 16.9. The van der Waals surface area contributed by atoms with Crippen LogP contribution in [0.2, 0.25) is 0 Å². The van der Waals surface area contributed by atoms with Gasteiger partial charge in [-0.1, -0.05) is 57.2 Å². The third kappa shape index (κ3) is 4.83. The summed E-state index contributed by atoms with van der Waals surface area (Å²) in [5, 5.41) is 0. The van der Waals surface area contributed by atoms with Crippen LogP contribution < -0.4 is 10.2 Å². The maximum atomic E-state index is 11.3. The SMILES string of the molecule is CONC(=O)COc1ccc(-c2ccc(C(C)(C)C)cc2)cc1. The summed E-state index contributed by atoms with van der Waals surface area (Å²) in [6.45, 7) is 6.53. The summed E-state index contributed by atoms with van der Waals surface area (Å²) >= 11 is 0. The molecule has 2 aromatic carbocycles. The van der Waals surface area contributed by atoms with Crippen molar-refractivity contribution in [3.8, 4) is 16.9 Å². The minimum absolute atomic E-state index is 0.0759. The maximum Gasteiger partial charge on any atom is 0.281 e. The number of ether oxygens (including phenoxy) is 1. The zero-order valence-electron chi connectivity index (χ0n) is 14.1. The van der Waals surface area contributed by atoms with Crippen LogP contribution in [0.5, 0.6) is 5.75 Å². The van der Waals surface area contributed by atoms with E-state index in [1.807, 2.05) is 24.3 Å². The van der Waals surface area contributed by atoms with E-state index < -0.39 is 0 Å². The van der Waals surface area contributed by atoms with Crippen LogP contribution in [0.4, 0.5) is 0 Å². The number of rotatable bonds is 5. The predicted octanol–water partition coefficient (Wildman–Crippen LogP) is 3.71. The fraction of sp³-hybridized carbons (Fsp3) is 0.316. The van der Waals surface area contributed by atoms with Gasteiger partial charge in [0.1, 0.15) is 5.75 Å². The number of carbonyl (C=O) groups is 1. The summed E-state index contributed by atoms with van der Waals surface area (Å²) in [4.78, 5) is 15.8. The van der Waals surface area contributed by atoms with Gasteiger partial charge in [-0.25, -0.2) is 5.48 Å². The lowest BCUT2D eigenvalue weighted by atomic mass is 9.86. The van der Waals surface area contributed by atoms with Crippen molar-refractivity contribution >= 4 is 5.91 Å². The molecule has 23 heavy (non-hydrogen) atoms. The van der Waals surface area contributed by atoms with Gasteiger partial charge in [0.15, 0.2) is 6.61 Å². The summed E-state index contributed by atoms with van der Waals surface area (Å²) < 4.78 is 5.38. The Morgan fingerprint density at radius 2 is 1.48 bits per heavy atom. The Morgan fingerprint density at radius 1 is 0.957 bits per heavy atom. The molecule has 0 aliphatic heterocycles. The van der Waals surface area contributed by atoms with E-state index in [0.717, 1.165) is 11.1 Å². The molecule has 0 saturated heterocycles. The van der Waals surface area contributed by atoms with E-state index in [2.05, 4.69) is 55.4 Å². The van der Waals surface area contributed by atoms with Crippen LogP contribution in [0.3, 0.4) is 0 Å². The van der Waals surface area contributed by atoms with Crippen molar-refractivity contribution < 1.29 is 14.4 Å². The van der Waals surface area contributed by atoms with Crippen molar-refractivity contribution in [2.24, 2.45) is 0 Å². The number of hydroxylamine groups is 1. The highest BCUT2D eigenvalue weighted by molar-refractivity contribution is 5.76. The fourth-order valence-electron chi connectivity index (χ4n) is 2.20. The zero-order valence-corrected chi connectivity index (χ0v) is 14.1. The van der Waals surface area contributed by atoms with E-state index in [0.29, 0.717) is 5.75 Å². The molecule has 0 fully saturated rings. The summed E-state index contributed by atoms with van der Waals surface area (Å²) in [6, 6.07) is 16.3. The third-order valence-corrected chi connectivity index (χ3v) is 3.52. The van der Waals surface area contributed by atoms with E-state index in [4.69, 9.17) is 4.74 Å². The highest BCUT2D eigenvalue weighted by atomic mass is 16.6. The van der Waals surface area contributed by atoms with Crippen LogP contribution in [0.1, 0.15) is 26.3 Å². The molecule has 0 aliphatic carbocycles. The fourth-order valence-corrected chi connectivity index (χ4v) is 2.20. The standard InChI is InChI=1S/C19H23NO3/c1-19(2,3)16-9-5-14(6-10-16)15-7-11-17(12-8-15)23-13-18(21)20-22-4/h5-12H,13H2,1-4H3,(H,20,21). The molecular formula is C19H23NO3. The first kappa shape index (κ1) is 17.0. The number of nitrogens with one attached hydrogen (secondary N) is 1. The lowest BCUT2D eigenvalue weighted by molar-refractivity contribution is -0.133. The van der Waals surface area contributed by atoms with Crippen LogP contribution in [-0.4, -0.2) is 19.6 Å². The van der Waals surface area contributed by atoms with Gasteiger partial charge in [0.05, 0.1) is 7.11 Å². The summed E-state index contributed by atoms with van der Waals surface area (Å²) in [6.07, 6.45) is 0. The highest BCUT2D eigenvalue weighted by Gasteiger charge is 2.13. The molecule has 4 heteroatoms. The lowest BCUT2D eigenvalue weighted by Gasteiger charge is -2.19. The van der Waals surface area contributed by atoms with Gasteiger partial charge in [0, 0.05) is 0 Å². The van der Waals surface area contributed by atoms with Crippen molar-refractivity contribution in [1.82, 2.24) is 5.48 Å². The van der Waals surface area contributed by atoms with Gasteiger partial charge in [0.2, 0.25) is 0 Å². The molecule has 0 saturated carbocycles. The Labute approximate surface area is 137 Å². The number of hydrogen-bond donors (Lipinski definition) is 1. The molecule has 0 aliphatic rings. The quantitative estimate of drug-likeness (QED) is 0.856. The van der Waals surface area contributed by atoms with Crippen LogP contribution in [0.15, 0.2) is 48.5 Å². The van der Waals surface area contributed by atoms with E-state index in [1.54, 1.807) is 0 Å². The number of hydrogen-bond acceptors (Lipinski definition) is 3. The third-order valence-electron chi connectivity index (χ3n) is 3.52. The summed E-state index contributed by atoms with van der Waals surface area (Å²) in [5.74, 6) is 0.320. The van der Waals surface area contributed by atoms with Gasteiger partial charge in [-0.05, 0) is 34.2 Å². The van der Waals surface area contributed by atoms with Gasteiger partial charge >= 0.3 is 0 Å². The average molecular weight is 313 g/mol. The largest absolute Gasteiger partial charge is 0.484 e. The van der Waals surface area contributed by atoms with Crippen molar-refractivity contribution in [1.29, 1.82) is 0 Å². The van der Waals surface area contributed by atoms with Crippen LogP contribution in [-0.2, 0) is 15.0 Å². The number of amides is 1. The number of benzene rings is 2. The van der Waals surface area contributed by atoms with Gasteiger partial charge in [-0.2, -0.15) is 0 Å². The van der Waals surface area contributed by atoms with Crippen LogP contribution in [0, 0.1) is 0 Å². The van der Waals surface area contributed by atoms with Crippen molar-refractivity contribution in [2.75, 3.05) is 13.7 Å². The average Bonchev–Trinajstić information content (AvgIpc) is 2.53. The first-order chi connectivity index (χ1) is 10.9. The van der Waals surface area contributed by atoms with E-state index >= 15 is 0 Å². The molecule has 2 aromatic rings. The number of carbonyl (C=O) groups excluding carboxylic acids is 1. The van der Waals surface area contributed by atoms with E-state index in [9.17, 15) is 4.79 Å². The predicted molar refractivity (Wildman–Crippen MR) is 91.2 cm³/mol. The Kier molecular flexibility index (Phi) is 5.40. The Balaban J connectivity index is 2.03. The second-order valence-corrected chi connectivity index (χ2v) is 6.37. The molecule has 0 radical (unpaired) electrons. The van der Waals surface area contributed by atoms with Crippen molar-refractivity contribution in [2.45, 2.75) is 26.2 Å². The Bertz CT molecular complexity index is 640. The molecule has 4 nitrogen and oxygen atoms in total. The first-order valence-electron chi connectivity index (χ1n) is 7.56. The van der Waals surface area contributed by atoms with Gasteiger partial charge < -0.3 is 4.74 Å². The second kappa shape index (κ2) is 7.29. The molecule has 0 spiro atoms. The second-order valence-electron chi connectivity index (χ2n) is 6.37. The van der Waals surface area contributed by atoms with Gasteiger partial charge in [-0.3, -0.25) is 9.63 Å². The Hall–Kier alpha value is -2.33. The van der Waals surface area contributed by atoms with Crippen molar-refractivity contribution in [3.05, 3.63) is 54.1 Å². The summed E-state index contributed by atoms with van der Waals surface area (Å²) in [7, 11) is 1.39. The van der Waals surface area contributed by atoms with Gasteiger partial charge in [-0.15, -0.1) is 0 Å². The van der Waals surface area contributed by atoms with Gasteiger partial charge in [0.25, 0.3) is 5.91 Å². The summed E-state index contributed by atoms with van der Waals surface area (Å²) in [5.41, 5.74) is 5.93. The molecule has 0 aromatic heterocycles. The van der Waals surface area contributed by atoms with Crippen LogP contribution in [0.25, 0.3) is 11.1 Å².